The van der Waals surface area contributed by atoms with E-state index in [9.17, 15) is 8.78 Å². The van der Waals surface area contributed by atoms with E-state index in [1.807, 2.05) is 0 Å². The zero-order valence-corrected chi connectivity index (χ0v) is 10.9. The van der Waals surface area contributed by atoms with Crippen LogP contribution in [0.5, 0.6) is 0 Å². The maximum absolute atomic E-state index is 13.2. The van der Waals surface area contributed by atoms with Crippen LogP contribution in [0.2, 0.25) is 0 Å². The second kappa shape index (κ2) is 5.66. The lowest BCUT2D eigenvalue weighted by Gasteiger charge is -2.20. The van der Waals surface area contributed by atoms with E-state index in [4.69, 9.17) is 4.52 Å². The second-order valence-corrected chi connectivity index (χ2v) is 5.06. The quantitative estimate of drug-likeness (QED) is 0.938. The van der Waals surface area contributed by atoms with E-state index < -0.39 is 11.6 Å². The fourth-order valence-corrected chi connectivity index (χ4v) is 2.44. The molecule has 1 unspecified atom stereocenters. The largest absolute Gasteiger partial charge is 0.334 e. The van der Waals surface area contributed by atoms with Crippen LogP contribution < -0.4 is 5.32 Å². The average Bonchev–Trinajstić information content (AvgIpc) is 2.91. The van der Waals surface area contributed by atoms with Gasteiger partial charge in [0.05, 0.1) is 0 Å². The van der Waals surface area contributed by atoms with E-state index in [1.54, 1.807) is 0 Å². The lowest BCUT2D eigenvalue weighted by Crippen LogP contribution is -2.31. The summed E-state index contributed by atoms with van der Waals surface area (Å²) in [6.07, 6.45) is 3.03. The Bertz CT molecular complexity index is 594. The number of halogens is 2. The number of hydrogen-bond donors (Lipinski definition) is 1. The Labute approximate surface area is 115 Å². The summed E-state index contributed by atoms with van der Waals surface area (Å²) in [5, 5.41) is 7.24. The Morgan fingerprint density at radius 3 is 2.95 bits per heavy atom. The molecule has 20 heavy (non-hydrogen) atoms. The smallest absolute Gasteiger partial charge is 0.258 e. The van der Waals surface area contributed by atoms with Gasteiger partial charge in [-0.05, 0) is 50.0 Å². The predicted molar refractivity (Wildman–Crippen MR) is 68.9 cm³/mol. The summed E-state index contributed by atoms with van der Waals surface area (Å²) in [5.41, 5.74) is 0.393. The molecule has 0 radical (unpaired) electrons. The molecular weight excluding hydrogens is 264 g/mol. The van der Waals surface area contributed by atoms with Gasteiger partial charge in [-0.25, -0.2) is 8.78 Å². The van der Waals surface area contributed by atoms with Crippen molar-refractivity contribution in [1.29, 1.82) is 0 Å². The number of aromatic nitrogens is 2. The molecule has 6 heteroatoms. The van der Waals surface area contributed by atoms with Gasteiger partial charge in [0.2, 0.25) is 0 Å². The van der Waals surface area contributed by atoms with E-state index in [0.29, 0.717) is 17.3 Å². The summed E-state index contributed by atoms with van der Waals surface area (Å²) in [6, 6.07) is 3.55. The Balaban J connectivity index is 1.73. The molecule has 2 aromatic rings. The summed E-state index contributed by atoms with van der Waals surface area (Å²) in [7, 11) is 0. The van der Waals surface area contributed by atoms with Gasteiger partial charge < -0.3 is 9.84 Å². The Hall–Kier alpha value is -1.82. The first-order valence-electron chi connectivity index (χ1n) is 6.71. The van der Waals surface area contributed by atoms with Crippen LogP contribution in [-0.4, -0.2) is 23.2 Å². The topological polar surface area (TPSA) is 51.0 Å². The molecule has 1 fully saturated rings. The predicted octanol–water partition coefficient (Wildman–Crippen LogP) is 2.56. The van der Waals surface area contributed by atoms with Gasteiger partial charge in [-0.1, -0.05) is 5.16 Å². The third kappa shape index (κ3) is 2.85. The molecule has 1 aromatic carbocycles. The van der Waals surface area contributed by atoms with Gasteiger partial charge in [0.25, 0.3) is 5.89 Å². The number of rotatable bonds is 3. The fourth-order valence-electron chi connectivity index (χ4n) is 2.44. The van der Waals surface area contributed by atoms with Crippen molar-refractivity contribution in [1.82, 2.24) is 15.5 Å². The zero-order chi connectivity index (χ0) is 13.9. The van der Waals surface area contributed by atoms with Crippen molar-refractivity contribution in [3.8, 4) is 11.5 Å². The van der Waals surface area contributed by atoms with Crippen molar-refractivity contribution in [2.24, 2.45) is 5.92 Å². The third-order valence-corrected chi connectivity index (χ3v) is 3.50. The molecule has 0 aliphatic carbocycles. The molecule has 4 nitrogen and oxygen atoms in total. The molecular formula is C14H15F2N3O. The molecule has 1 N–H and O–H groups in total. The van der Waals surface area contributed by atoms with E-state index in [1.165, 1.54) is 6.07 Å². The minimum Gasteiger partial charge on any atom is -0.334 e. The second-order valence-electron chi connectivity index (χ2n) is 5.06. The van der Waals surface area contributed by atoms with Gasteiger partial charge in [-0.15, -0.1) is 0 Å². The van der Waals surface area contributed by atoms with Gasteiger partial charge in [-0.2, -0.15) is 4.98 Å². The van der Waals surface area contributed by atoms with Crippen molar-refractivity contribution in [2.45, 2.75) is 19.3 Å². The highest BCUT2D eigenvalue weighted by Gasteiger charge is 2.17. The number of piperidine rings is 1. The van der Waals surface area contributed by atoms with Crippen LogP contribution >= 0.6 is 0 Å². The monoisotopic (exact) mass is 279 g/mol. The number of hydrogen-bond acceptors (Lipinski definition) is 4. The van der Waals surface area contributed by atoms with Crippen LogP contribution in [0.1, 0.15) is 18.7 Å². The van der Waals surface area contributed by atoms with E-state index >= 15 is 0 Å². The molecule has 1 aromatic heterocycles. The minimum atomic E-state index is -0.918. The van der Waals surface area contributed by atoms with Crippen molar-refractivity contribution in [3.05, 3.63) is 35.7 Å². The highest BCUT2D eigenvalue weighted by Crippen LogP contribution is 2.21. The normalized spacial score (nSPS) is 19.2. The highest BCUT2D eigenvalue weighted by atomic mass is 19.2. The van der Waals surface area contributed by atoms with Crippen molar-refractivity contribution in [2.75, 3.05) is 13.1 Å². The standard InChI is InChI=1S/C14H15F2N3O/c15-11-4-3-10(7-12(11)16)14-18-13(19-20-14)6-9-2-1-5-17-8-9/h3-4,7,9,17H,1-2,5-6,8H2. The number of benzene rings is 1. The van der Waals surface area contributed by atoms with Crippen LogP contribution in [0, 0.1) is 17.6 Å². The first-order chi connectivity index (χ1) is 9.72. The van der Waals surface area contributed by atoms with E-state index in [0.717, 1.165) is 44.5 Å². The Kier molecular flexibility index (Phi) is 3.73. The van der Waals surface area contributed by atoms with Crippen LogP contribution in [0.25, 0.3) is 11.5 Å². The number of nitrogens with one attached hydrogen (secondary N) is 1. The average molecular weight is 279 g/mol. The molecule has 3 rings (SSSR count). The van der Waals surface area contributed by atoms with Crippen LogP contribution in [0.3, 0.4) is 0 Å². The maximum atomic E-state index is 13.2. The molecule has 1 aliphatic heterocycles. The lowest BCUT2D eigenvalue weighted by molar-refractivity contribution is 0.360. The molecule has 0 spiro atoms. The molecule has 1 atom stereocenters. The Morgan fingerprint density at radius 1 is 1.30 bits per heavy atom. The van der Waals surface area contributed by atoms with Gasteiger partial charge in [-0.3, -0.25) is 0 Å². The first kappa shape index (κ1) is 13.2. The molecule has 0 bridgehead atoms. The van der Waals surface area contributed by atoms with Gasteiger partial charge in [0.1, 0.15) is 0 Å². The Morgan fingerprint density at radius 2 is 2.20 bits per heavy atom. The van der Waals surface area contributed by atoms with Gasteiger partial charge >= 0.3 is 0 Å². The van der Waals surface area contributed by atoms with Crippen molar-refractivity contribution >= 4 is 0 Å². The van der Waals surface area contributed by atoms with Gasteiger partial charge in [0.15, 0.2) is 17.5 Å². The molecule has 106 valence electrons. The maximum Gasteiger partial charge on any atom is 0.258 e. The summed E-state index contributed by atoms with van der Waals surface area (Å²) < 4.78 is 31.2. The zero-order valence-electron chi connectivity index (χ0n) is 10.9. The SMILES string of the molecule is Fc1ccc(-c2nc(CC3CCCNC3)no2)cc1F. The number of nitrogens with zero attached hydrogens (tertiary/aromatic N) is 2. The fraction of sp³-hybridized carbons (Fsp3) is 0.429. The van der Waals surface area contributed by atoms with Crippen LogP contribution in [-0.2, 0) is 6.42 Å². The van der Waals surface area contributed by atoms with Crippen LogP contribution in [0.4, 0.5) is 8.78 Å². The van der Waals surface area contributed by atoms with Gasteiger partial charge in [0, 0.05) is 12.0 Å². The van der Waals surface area contributed by atoms with Crippen molar-refractivity contribution in [3.63, 3.8) is 0 Å². The summed E-state index contributed by atoms with van der Waals surface area (Å²) in [4.78, 5) is 4.25. The van der Waals surface area contributed by atoms with Crippen molar-refractivity contribution < 1.29 is 13.3 Å². The molecule has 1 aliphatic rings. The van der Waals surface area contributed by atoms with Crippen LogP contribution in [0.15, 0.2) is 22.7 Å². The molecule has 0 saturated carbocycles. The first-order valence-corrected chi connectivity index (χ1v) is 6.71. The van der Waals surface area contributed by atoms with E-state index in [-0.39, 0.29) is 5.89 Å². The highest BCUT2D eigenvalue weighted by molar-refractivity contribution is 5.52. The summed E-state index contributed by atoms with van der Waals surface area (Å²) in [6.45, 7) is 2.01. The molecule has 1 saturated heterocycles. The lowest BCUT2D eigenvalue weighted by atomic mass is 9.96. The third-order valence-electron chi connectivity index (χ3n) is 3.50. The molecule has 2 heterocycles. The minimum absolute atomic E-state index is 0.225. The summed E-state index contributed by atoms with van der Waals surface area (Å²) in [5.74, 6) is -0.472. The summed E-state index contributed by atoms with van der Waals surface area (Å²) >= 11 is 0. The van der Waals surface area contributed by atoms with E-state index in [2.05, 4.69) is 15.5 Å². The molecule has 0 amide bonds.